The van der Waals surface area contributed by atoms with Crippen molar-refractivity contribution in [2.45, 2.75) is 19.6 Å². The molecule has 1 atom stereocenters. The SMILES string of the molecule is CNC(=O)C(C)Oc1ccc(CNCCOC)cc1Br. The first kappa shape index (κ1) is 16.9. The van der Waals surface area contributed by atoms with Crippen molar-refractivity contribution >= 4 is 21.8 Å². The second-order valence-electron chi connectivity index (χ2n) is 4.31. The van der Waals surface area contributed by atoms with Crippen LogP contribution >= 0.6 is 15.9 Å². The molecular formula is C14H21BrN2O3. The molecule has 5 nitrogen and oxygen atoms in total. The highest BCUT2D eigenvalue weighted by Crippen LogP contribution is 2.27. The number of carbonyl (C=O) groups excluding carboxylic acids is 1. The van der Waals surface area contributed by atoms with Gasteiger partial charge in [-0.05, 0) is 40.5 Å². The number of halogens is 1. The summed E-state index contributed by atoms with van der Waals surface area (Å²) >= 11 is 3.46. The maximum absolute atomic E-state index is 11.4. The summed E-state index contributed by atoms with van der Waals surface area (Å²) in [5, 5.41) is 5.82. The number of ether oxygens (including phenoxy) is 2. The summed E-state index contributed by atoms with van der Waals surface area (Å²) in [7, 11) is 3.27. The van der Waals surface area contributed by atoms with Gasteiger partial charge in [-0.25, -0.2) is 0 Å². The van der Waals surface area contributed by atoms with Crippen molar-refractivity contribution in [1.82, 2.24) is 10.6 Å². The number of hydrogen-bond acceptors (Lipinski definition) is 4. The van der Waals surface area contributed by atoms with Gasteiger partial charge in [0.15, 0.2) is 6.10 Å². The van der Waals surface area contributed by atoms with E-state index >= 15 is 0 Å². The summed E-state index contributed by atoms with van der Waals surface area (Å²) in [6, 6.07) is 5.80. The summed E-state index contributed by atoms with van der Waals surface area (Å²) < 4.78 is 11.4. The highest BCUT2D eigenvalue weighted by atomic mass is 79.9. The first-order valence-electron chi connectivity index (χ1n) is 6.44. The predicted molar refractivity (Wildman–Crippen MR) is 81.9 cm³/mol. The second-order valence-corrected chi connectivity index (χ2v) is 5.16. The molecule has 6 heteroatoms. The summed E-state index contributed by atoms with van der Waals surface area (Å²) in [5.41, 5.74) is 1.13. The van der Waals surface area contributed by atoms with E-state index in [1.807, 2.05) is 18.2 Å². The zero-order chi connectivity index (χ0) is 15.0. The van der Waals surface area contributed by atoms with E-state index < -0.39 is 6.10 Å². The number of methoxy groups -OCH3 is 1. The Labute approximate surface area is 128 Å². The maximum Gasteiger partial charge on any atom is 0.260 e. The third kappa shape index (κ3) is 5.48. The molecule has 0 radical (unpaired) electrons. The van der Waals surface area contributed by atoms with Gasteiger partial charge in [-0.2, -0.15) is 0 Å². The van der Waals surface area contributed by atoms with Crippen LogP contribution in [-0.4, -0.2) is 39.3 Å². The first-order valence-corrected chi connectivity index (χ1v) is 7.24. The van der Waals surface area contributed by atoms with Crippen molar-refractivity contribution in [1.29, 1.82) is 0 Å². The van der Waals surface area contributed by atoms with Gasteiger partial charge >= 0.3 is 0 Å². The Hall–Kier alpha value is -1.11. The van der Waals surface area contributed by atoms with E-state index in [1.54, 1.807) is 21.1 Å². The van der Waals surface area contributed by atoms with Crippen LogP contribution in [-0.2, 0) is 16.1 Å². The third-order valence-electron chi connectivity index (χ3n) is 2.73. The molecular weight excluding hydrogens is 324 g/mol. The molecule has 1 amide bonds. The van der Waals surface area contributed by atoms with Gasteiger partial charge in [0.1, 0.15) is 5.75 Å². The van der Waals surface area contributed by atoms with Crippen LogP contribution in [0.2, 0.25) is 0 Å². The van der Waals surface area contributed by atoms with Gasteiger partial charge < -0.3 is 20.1 Å². The minimum atomic E-state index is -0.526. The molecule has 0 bridgehead atoms. The van der Waals surface area contributed by atoms with Crippen LogP contribution in [0.25, 0.3) is 0 Å². The molecule has 0 saturated carbocycles. The maximum atomic E-state index is 11.4. The van der Waals surface area contributed by atoms with E-state index in [-0.39, 0.29) is 5.91 Å². The van der Waals surface area contributed by atoms with Gasteiger partial charge in [-0.3, -0.25) is 4.79 Å². The third-order valence-corrected chi connectivity index (χ3v) is 3.35. The molecule has 0 heterocycles. The van der Waals surface area contributed by atoms with Crippen molar-refractivity contribution in [3.63, 3.8) is 0 Å². The minimum absolute atomic E-state index is 0.151. The van der Waals surface area contributed by atoms with Gasteiger partial charge in [-0.15, -0.1) is 0 Å². The van der Waals surface area contributed by atoms with Crippen molar-refractivity contribution < 1.29 is 14.3 Å². The second kappa shape index (κ2) is 8.94. The van der Waals surface area contributed by atoms with Gasteiger partial charge in [0, 0.05) is 27.2 Å². The number of benzene rings is 1. The molecule has 1 aromatic rings. The molecule has 0 spiro atoms. The van der Waals surface area contributed by atoms with Crippen LogP contribution in [0.5, 0.6) is 5.75 Å². The molecule has 1 aromatic carbocycles. The van der Waals surface area contributed by atoms with E-state index in [1.165, 1.54) is 0 Å². The Kier molecular flexibility index (Phi) is 7.58. The predicted octanol–water partition coefficient (Wildman–Crippen LogP) is 1.70. The molecule has 20 heavy (non-hydrogen) atoms. The Bertz CT molecular complexity index is 440. The lowest BCUT2D eigenvalue weighted by Gasteiger charge is -2.15. The van der Waals surface area contributed by atoms with Crippen molar-refractivity contribution in [2.75, 3.05) is 27.3 Å². The van der Waals surface area contributed by atoms with Crippen LogP contribution in [0.1, 0.15) is 12.5 Å². The van der Waals surface area contributed by atoms with Gasteiger partial charge in [0.2, 0.25) is 0 Å². The Morgan fingerprint density at radius 3 is 2.80 bits per heavy atom. The molecule has 0 fully saturated rings. The van der Waals surface area contributed by atoms with E-state index in [9.17, 15) is 4.79 Å². The molecule has 112 valence electrons. The van der Waals surface area contributed by atoms with Crippen molar-refractivity contribution in [3.8, 4) is 5.75 Å². The molecule has 0 saturated heterocycles. The first-order chi connectivity index (χ1) is 9.58. The molecule has 0 aliphatic heterocycles. The van der Waals surface area contributed by atoms with Crippen LogP contribution in [0.15, 0.2) is 22.7 Å². The molecule has 1 unspecified atom stereocenters. The summed E-state index contributed by atoms with van der Waals surface area (Å²) in [6.07, 6.45) is -0.526. The summed E-state index contributed by atoms with van der Waals surface area (Å²) in [5.74, 6) is 0.504. The quantitative estimate of drug-likeness (QED) is 0.704. The smallest absolute Gasteiger partial charge is 0.260 e. The molecule has 2 N–H and O–H groups in total. The van der Waals surface area contributed by atoms with Gasteiger partial charge in [0.25, 0.3) is 5.91 Å². The minimum Gasteiger partial charge on any atom is -0.480 e. The summed E-state index contributed by atoms with van der Waals surface area (Å²) in [6.45, 7) is 3.96. The lowest BCUT2D eigenvalue weighted by Crippen LogP contribution is -2.33. The largest absolute Gasteiger partial charge is 0.480 e. The lowest BCUT2D eigenvalue weighted by molar-refractivity contribution is -0.126. The van der Waals surface area contributed by atoms with Crippen LogP contribution in [0.4, 0.5) is 0 Å². The van der Waals surface area contributed by atoms with Crippen LogP contribution < -0.4 is 15.4 Å². The summed E-state index contributed by atoms with van der Waals surface area (Å²) in [4.78, 5) is 11.4. The van der Waals surface area contributed by atoms with Gasteiger partial charge in [-0.1, -0.05) is 6.07 Å². The number of rotatable bonds is 8. The highest BCUT2D eigenvalue weighted by molar-refractivity contribution is 9.10. The number of likely N-dealkylation sites (N-methyl/N-ethyl adjacent to an activating group) is 1. The van der Waals surface area contributed by atoms with Gasteiger partial charge in [0.05, 0.1) is 11.1 Å². The topological polar surface area (TPSA) is 59.6 Å². The van der Waals surface area contributed by atoms with E-state index in [0.29, 0.717) is 12.4 Å². The zero-order valence-corrected chi connectivity index (χ0v) is 13.6. The Morgan fingerprint density at radius 2 is 2.20 bits per heavy atom. The standard InChI is InChI=1S/C14H21BrN2O3/c1-10(14(18)16-2)20-13-5-4-11(8-12(13)15)9-17-6-7-19-3/h4-5,8,10,17H,6-7,9H2,1-3H3,(H,16,18). The fourth-order valence-electron chi connectivity index (χ4n) is 1.60. The van der Waals surface area contributed by atoms with E-state index in [4.69, 9.17) is 9.47 Å². The monoisotopic (exact) mass is 344 g/mol. The highest BCUT2D eigenvalue weighted by Gasteiger charge is 2.14. The molecule has 0 aliphatic carbocycles. The number of carbonyl (C=O) groups is 1. The molecule has 0 aromatic heterocycles. The average Bonchev–Trinajstić information content (AvgIpc) is 2.45. The molecule has 1 rings (SSSR count). The van der Waals surface area contributed by atoms with Crippen molar-refractivity contribution in [2.24, 2.45) is 0 Å². The van der Waals surface area contributed by atoms with E-state index in [0.717, 1.165) is 23.1 Å². The zero-order valence-electron chi connectivity index (χ0n) is 12.0. The number of amides is 1. The Morgan fingerprint density at radius 1 is 1.45 bits per heavy atom. The average molecular weight is 345 g/mol. The number of nitrogens with one attached hydrogen (secondary N) is 2. The number of hydrogen-bond donors (Lipinski definition) is 2. The Balaban J connectivity index is 2.57. The fourth-order valence-corrected chi connectivity index (χ4v) is 2.12. The lowest BCUT2D eigenvalue weighted by atomic mass is 10.2. The van der Waals surface area contributed by atoms with Crippen molar-refractivity contribution in [3.05, 3.63) is 28.2 Å². The molecule has 0 aliphatic rings. The fraction of sp³-hybridized carbons (Fsp3) is 0.500. The normalized spacial score (nSPS) is 12.0. The van der Waals surface area contributed by atoms with E-state index in [2.05, 4.69) is 26.6 Å². The van der Waals surface area contributed by atoms with Crippen LogP contribution in [0, 0.1) is 0 Å². The van der Waals surface area contributed by atoms with Crippen LogP contribution in [0.3, 0.4) is 0 Å².